The first-order valence-electron chi connectivity index (χ1n) is 13.3. The van der Waals surface area contributed by atoms with Gasteiger partial charge in [-0.25, -0.2) is 0 Å². The quantitative estimate of drug-likeness (QED) is 0.584. The smallest absolute Gasteiger partial charge is 0.233 e. The van der Waals surface area contributed by atoms with E-state index >= 15 is 0 Å². The van der Waals surface area contributed by atoms with Crippen LogP contribution in [0.1, 0.15) is 43.2 Å². The summed E-state index contributed by atoms with van der Waals surface area (Å²) in [6.07, 6.45) is 5.14. The van der Waals surface area contributed by atoms with Crippen LogP contribution in [0.15, 0.2) is 47.4 Å². The maximum absolute atomic E-state index is 13.4. The molecule has 5 atom stereocenters. The van der Waals surface area contributed by atoms with Gasteiger partial charge in [0, 0.05) is 30.1 Å². The van der Waals surface area contributed by atoms with Gasteiger partial charge in [-0.15, -0.1) is 11.8 Å². The zero-order chi connectivity index (χ0) is 24.7. The number of amides is 1. The van der Waals surface area contributed by atoms with E-state index in [9.17, 15) is 15.0 Å². The Labute approximate surface area is 216 Å². The van der Waals surface area contributed by atoms with Crippen molar-refractivity contribution in [2.24, 2.45) is 5.92 Å². The fourth-order valence-corrected chi connectivity index (χ4v) is 8.64. The minimum Gasteiger partial charge on any atom is -0.504 e. The molecule has 7 heteroatoms. The molecule has 1 spiro atoms. The van der Waals surface area contributed by atoms with Crippen LogP contribution in [0.5, 0.6) is 11.5 Å². The molecule has 0 radical (unpaired) electrons. The number of ether oxygens (including phenoxy) is 1. The van der Waals surface area contributed by atoms with Crippen LogP contribution in [-0.2, 0) is 16.6 Å². The van der Waals surface area contributed by atoms with Crippen molar-refractivity contribution >= 4 is 17.7 Å². The summed E-state index contributed by atoms with van der Waals surface area (Å²) < 4.78 is 6.62. The number of nitrogens with zero attached hydrogens (tertiary/aromatic N) is 2. The zero-order valence-corrected chi connectivity index (χ0v) is 21.5. The number of thioether (sulfide) groups is 1. The lowest BCUT2D eigenvalue weighted by Gasteiger charge is -2.64. The summed E-state index contributed by atoms with van der Waals surface area (Å²) >= 11 is 1.55. The van der Waals surface area contributed by atoms with Gasteiger partial charge in [0.15, 0.2) is 11.5 Å². The topological polar surface area (TPSA) is 73.2 Å². The van der Waals surface area contributed by atoms with Crippen molar-refractivity contribution in [1.82, 2.24) is 9.80 Å². The number of carbonyl (C=O) groups excluding carboxylic acids is 1. The lowest BCUT2D eigenvalue weighted by atomic mass is 9.48. The molecule has 0 aromatic heterocycles. The number of rotatable bonds is 6. The van der Waals surface area contributed by atoms with Crippen molar-refractivity contribution in [2.75, 3.05) is 25.9 Å². The Morgan fingerprint density at radius 1 is 1.17 bits per heavy atom. The van der Waals surface area contributed by atoms with Gasteiger partial charge in [-0.1, -0.05) is 24.3 Å². The molecule has 1 unspecified atom stereocenters. The van der Waals surface area contributed by atoms with Crippen molar-refractivity contribution in [3.05, 3.63) is 53.6 Å². The molecule has 1 saturated heterocycles. The second-order valence-electron chi connectivity index (χ2n) is 11.5. The highest BCUT2D eigenvalue weighted by Crippen LogP contribution is 2.66. The van der Waals surface area contributed by atoms with Crippen LogP contribution < -0.4 is 4.74 Å². The van der Waals surface area contributed by atoms with Crippen LogP contribution in [0.2, 0.25) is 0 Å². The molecule has 7 rings (SSSR count). The third kappa shape index (κ3) is 3.15. The fourth-order valence-electron chi connectivity index (χ4n) is 7.80. The maximum Gasteiger partial charge on any atom is 0.233 e. The molecule has 1 amide bonds. The zero-order valence-electron chi connectivity index (χ0n) is 20.7. The highest BCUT2D eigenvalue weighted by Gasteiger charge is 2.73. The molecule has 2 bridgehead atoms. The van der Waals surface area contributed by atoms with E-state index in [1.165, 1.54) is 18.4 Å². The molecular formula is C29H34N2O4S. The normalized spacial score (nSPS) is 34.1. The van der Waals surface area contributed by atoms with Gasteiger partial charge in [-0.05, 0) is 74.8 Å². The van der Waals surface area contributed by atoms with Gasteiger partial charge in [-0.3, -0.25) is 9.69 Å². The van der Waals surface area contributed by atoms with Crippen LogP contribution >= 0.6 is 11.8 Å². The Bertz CT molecular complexity index is 1200. The van der Waals surface area contributed by atoms with Gasteiger partial charge < -0.3 is 19.8 Å². The summed E-state index contributed by atoms with van der Waals surface area (Å²) in [6, 6.07) is 13.7. The van der Waals surface area contributed by atoms with Crippen LogP contribution in [0.3, 0.4) is 0 Å². The van der Waals surface area contributed by atoms with Crippen LogP contribution in [0.4, 0.5) is 0 Å². The van der Waals surface area contributed by atoms with Gasteiger partial charge in [0.1, 0.15) is 6.10 Å². The molecule has 2 saturated carbocycles. The van der Waals surface area contributed by atoms with Crippen molar-refractivity contribution < 1.29 is 19.7 Å². The third-order valence-corrected chi connectivity index (χ3v) is 10.7. The molecule has 3 aliphatic carbocycles. The van der Waals surface area contributed by atoms with E-state index in [4.69, 9.17) is 4.74 Å². The van der Waals surface area contributed by atoms with E-state index in [0.717, 1.165) is 42.3 Å². The average molecular weight is 507 g/mol. The molecule has 2 aliphatic heterocycles. The first kappa shape index (κ1) is 22.9. The molecule has 6 nitrogen and oxygen atoms in total. The number of piperidine rings is 1. The number of carbonyl (C=O) groups is 1. The highest BCUT2D eigenvalue weighted by atomic mass is 32.2. The molecular weight excluding hydrogens is 472 g/mol. The number of likely N-dealkylation sites (N-methyl/N-ethyl adjacent to an activating group) is 1. The average Bonchev–Trinajstić information content (AvgIpc) is 3.63. The molecule has 3 fully saturated rings. The van der Waals surface area contributed by atoms with Gasteiger partial charge >= 0.3 is 0 Å². The highest BCUT2D eigenvalue weighted by molar-refractivity contribution is 8.00. The Morgan fingerprint density at radius 3 is 2.75 bits per heavy atom. The minimum absolute atomic E-state index is 0.0523. The molecule has 2 N–H and O–H groups in total. The second-order valence-corrected chi connectivity index (χ2v) is 12.6. The summed E-state index contributed by atoms with van der Waals surface area (Å²) in [6.45, 7) is 1.99. The van der Waals surface area contributed by atoms with Crippen LogP contribution in [0.25, 0.3) is 0 Å². The van der Waals surface area contributed by atoms with E-state index in [-0.39, 0.29) is 29.8 Å². The maximum atomic E-state index is 13.4. The Morgan fingerprint density at radius 2 is 1.97 bits per heavy atom. The molecule has 2 heterocycles. The number of benzene rings is 2. The molecule has 36 heavy (non-hydrogen) atoms. The van der Waals surface area contributed by atoms with Gasteiger partial charge in [0.2, 0.25) is 5.91 Å². The third-order valence-electron chi connectivity index (χ3n) is 9.73. The molecule has 5 aliphatic rings. The van der Waals surface area contributed by atoms with Crippen molar-refractivity contribution in [1.29, 1.82) is 0 Å². The number of phenols is 1. The van der Waals surface area contributed by atoms with Gasteiger partial charge in [-0.2, -0.15) is 0 Å². The lowest BCUT2D eigenvalue weighted by molar-refractivity contribution is -0.200. The number of likely N-dealkylation sites (tertiary alicyclic amines) is 1. The SMILES string of the molecule is CN(C(=O)CSc1ccccc1)[C@H]1CCC2(O)[C@H]3Cc4ccc(O)c5c4[C@@]2(CCN3CC2CC2)[C@H]1O5. The lowest BCUT2D eigenvalue weighted by Crippen LogP contribution is -2.78. The monoisotopic (exact) mass is 506 g/mol. The van der Waals surface area contributed by atoms with Crippen molar-refractivity contribution in [3.8, 4) is 11.5 Å². The fraction of sp³-hybridized carbons (Fsp3) is 0.552. The van der Waals surface area contributed by atoms with Crippen molar-refractivity contribution in [2.45, 2.75) is 72.6 Å². The number of phenolic OH excluding ortho intramolecular Hbond substituents is 1. The molecule has 2 aromatic carbocycles. The molecule has 190 valence electrons. The summed E-state index contributed by atoms with van der Waals surface area (Å²) in [7, 11) is 1.88. The van der Waals surface area contributed by atoms with E-state index in [2.05, 4.69) is 4.90 Å². The first-order valence-corrected chi connectivity index (χ1v) is 14.3. The standard InChI is InChI=1S/C29H34N2O4S/c1-30(24(33)17-36-20-5-3-2-4-6-20)21-11-12-29(34)23-15-19-9-10-22(32)26-25(19)28(29,27(21)35-26)13-14-31(23)16-18-7-8-18/h2-6,9-10,18,21,23,27,32,34H,7-8,11-17H2,1H3/t21-,23+,27-,28-,29?/m0/s1. The number of hydrogen-bond acceptors (Lipinski definition) is 6. The molecule has 2 aromatic rings. The summed E-state index contributed by atoms with van der Waals surface area (Å²) in [5.41, 5.74) is 0.690. The Balaban J connectivity index is 1.23. The van der Waals surface area contributed by atoms with E-state index in [1.807, 2.05) is 48.3 Å². The summed E-state index contributed by atoms with van der Waals surface area (Å²) in [5.74, 6) is 1.88. The first-order chi connectivity index (χ1) is 17.4. The van der Waals surface area contributed by atoms with Crippen LogP contribution in [-0.4, -0.2) is 75.6 Å². The predicted molar refractivity (Wildman–Crippen MR) is 139 cm³/mol. The van der Waals surface area contributed by atoms with E-state index < -0.39 is 11.0 Å². The number of aliphatic hydroxyl groups is 1. The summed E-state index contributed by atoms with van der Waals surface area (Å²) in [4.78, 5) is 18.8. The van der Waals surface area contributed by atoms with Gasteiger partial charge in [0.25, 0.3) is 0 Å². The van der Waals surface area contributed by atoms with Crippen molar-refractivity contribution in [3.63, 3.8) is 0 Å². The van der Waals surface area contributed by atoms with Gasteiger partial charge in [0.05, 0.1) is 22.8 Å². The van der Waals surface area contributed by atoms with Crippen LogP contribution in [0, 0.1) is 5.92 Å². The minimum atomic E-state index is -0.921. The predicted octanol–water partition coefficient (Wildman–Crippen LogP) is 3.58. The summed E-state index contributed by atoms with van der Waals surface area (Å²) in [5, 5.41) is 23.4. The number of aromatic hydroxyl groups is 1. The van der Waals surface area contributed by atoms with E-state index in [0.29, 0.717) is 24.3 Å². The van der Waals surface area contributed by atoms with E-state index in [1.54, 1.807) is 17.8 Å². The Kier molecular flexibility index (Phi) is 5.19. The number of hydrogen-bond donors (Lipinski definition) is 2. The largest absolute Gasteiger partial charge is 0.504 e. The second kappa shape index (κ2) is 8.14. The Hall–Kier alpha value is -2.22.